The number of hydrogen-bond donors (Lipinski definition) is 0. The average molecular weight is 293 g/mol. The molecular weight excluding hydrogens is 258 g/mol. The van der Waals surface area contributed by atoms with Gasteiger partial charge >= 0.3 is 0 Å². The molecule has 0 aromatic carbocycles. The summed E-state index contributed by atoms with van der Waals surface area (Å²) in [5.74, 6) is 3.80. The van der Waals surface area contributed by atoms with Crippen molar-refractivity contribution in [3.63, 3.8) is 0 Å². The van der Waals surface area contributed by atoms with Crippen molar-refractivity contribution >= 4 is 5.78 Å². The zero-order chi connectivity index (χ0) is 15.4. The molecule has 0 radical (unpaired) electrons. The molecule has 1 aliphatic carbocycles. The highest BCUT2D eigenvalue weighted by atomic mass is 16.1. The first-order valence-corrected chi connectivity index (χ1v) is 9.23. The largest absolute Gasteiger partial charge is 0.303 e. The molecule has 2 nitrogen and oxygen atoms in total. The lowest BCUT2D eigenvalue weighted by atomic mass is 9.76. The summed E-state index contributed by atoms with van der Waals surface area (Å²) in [6.45, 7) is 12.4. The molecule has 2 rings (SSSR count). The summed E-state index contributed by atoms with van der Waals surface area (Å²) < 4.78 is 0. The molecule has 1 saturated heterocycles. The van der Waals surface area contributed by atoms with E-state index in [1.807, 2.05) is 13.8 Å². The van der Waals surface area contributed by atoms with Crippen LogP contribution in [0.3, 0.4) is 0 Å². The van der Waals surface area contributed by atoms with Gasteiger partial charge in [-0.25, -0.2) is 0 Å². The van der Waals surface area contributed by atoms with E-state index in [4.69, 9.17) is 0 Å². The highest BCUT2D eigenvalue weighted by molar-refractivity contribution is 5.82. The third kappa shape index (κ3) is 4.81. The van der Waals surface area contributed by atoms with Crippen molar-refractivity contribution in [3.05, 3.63) is 0 Å². The van der Waals surface area contributed by atoms with Crippen molar-refractivity contribution in [3.8, 4) is 0 Å². The first kappa shape index (κ1) is 17.0. The number of carbonyl (C=O) groups excluding carboxylic acids is 1. The van der Waals surface area contributed by atoms with Gasteiger partial charge in [-0.2, -0.15) is 0 Å². The van der Waals surface area contributed by atoms with Crippen LogP contribution < -0.4 is 0 Å². The van der Waals surface area contributed by atoms with Gasteiger partial charge in [-0.05, 0) is 69.4 Å². The minimum atomic E-state index is 0.216. The molecular formula is C19H35NO. The molecule has 0 aromatic heterocycles. The fourth-order valence-corrected chi connectivity index (χ4v) is 4.27. The molecule has 0 unspecified atom stereocenters. The summed E-state index contributed by atoms with van der Waals surface area (Å²) in [4.78, 5) is 14.7. The van der Waals surface area contributed by atoms with E-state index in [9.17, 15) is 4.79 Å². The zero-order valence-electron chi connectivity index (χ0n) is 14.6. The lowest BCUT2D eigenvalue weighted by Crippen LogP contribution is -2.40. The van der Waals surface area contributed by atoms with E-state index in [1.54, 1.807) is 0 Å². The molecule has 21 heavy (non-hydrogen) atoms. The number of rotatable bonds is 5. The molecule has 0 atom stereocenters. The number of piperidine rings is 1. The van der Waals surface area contributed by atoms with Crippen LogP contribution in [-0.4, -0.2) is 30.3 Å². The first-order chi connectivity index (χ1) is 9.97. The van der Waals surface area contributed by atoms with Gasteiger partial charge in [0.25, 0.3) is 0 Å². The van der Waals surface area contributed by atoms with E-state index in [2.05, 4.69) is 18.7 Å². The van der Waals surface area contributed by atoms with E-state index < -0.39 is 0 Å². The summed E-state index contributed by atoms with van der Waals surface area (Å²) >= 11 is 0. The maximum Gasteiger partial charge on any atom is 0.138 e. The summed E-state index contributed by atoms with van der Waals surface area (Å²) in [6, 6.07) is 0. The third-order valence-electron chi connectivity index (χ3n) is 5.91. The predicted octanol–water partition coefficient (Wildman–Crippen LogP) is 4.39. The van der Waals surface area contributed by atoms with Crippen molar-refractivity contribution in [2.24, 2.45) is 29.6 Å². The van der Waals surface area contributed by atoms with Crippen molar-refractivity contribution in [2.75, 3.05) is 19.6 Å². The van der Waals surface area contributed by atoms with Gasteiger partial charge in [0.2, 0.25) is 0 Å². The van der Waals surface area contributed by atoms with Crippen LogP contribution in [0.1, 0.15) is 66.2 Å². The molecule has 0 bridgehead atoms. The Morgan fingerprint density at radius 2 is 1.52 bits per heavy atom. The van der Waals surface area contributed by atoms with Gasteiger partial charge in [0, 0.05) is 18.4 Å². The molecule has 2 aliphatic rings. The summed E-state index contributed by atoms with van der Waals surface area (Å²) in [6.07, 6.45) is 7.91. The number of likely N-dealkylation sites (tertiary alicyclic amines) is 1. The van der Waals surface area contributed by atoms with Crippen molar-refractivity contribution < 1.29 is 4.79 Å². The van der Waals surface area contributed by atoms with Crippen LogP contribution in [0.4, 0.5) is 0 Å². The Labute approximate surface area is 131 Å². The van der Waals surface area contributed by atoms with Gasteiger partial charge in [-0.15, -0.1) is 0 Å². The van der Waals surface area contributed by atoms with Crippen LogP contribution in [0.5, 0.6) is 0 Å². The highest BCUT2D eigenvalue weighted by Gasteiger charge is 2.29. The minimum Gasteiger partial charge on any atom is -0.303 e. The van der Waals surface area contributed by atoms with Crippen molar-refractivity contribution in [1.29, 1.82) is 0 Å². The Morgan fingerprint density at radius 3 is 2.00 bits per heavy atom. The SMILES string of the molecule is CC(C)C(=O)C1CCN(C[C@H]2CC[C@H](C(C)C)CC2)CC1. The Hall–Kier alpha value is -0.370. The van der Waals surface area contributed by atoms with Crippen LogP contribution in [0.15, 0.2) is 0 Å². The molecule has 0 aromatic rings. The van der Waals surface area contributed by atoms with Gasteiger partial charge in [0.1, 0.15) is 5.78 Å². The monoisotopic (exact) mass is 293 g/mol. The maximum atomic E-state index is 12.1. The fourth-order valence-electron chi connectivity index (χ4n) is 4.27. The van der Waals surface area contributed by atoms with Gasteiger partial charge in [0.15, 0.2) is 0 Å². The number of hydrogen-bond acceptors (Lipinski definition) is 2. The molecule has 122 valence electrons. The van der Waals surface area contributed by atoms with E-state index in [0.717, 1.165) is 43.7 Å². The average Bonchev–Trinajstić information content (AvgIpc) is 2.47. The standard InChI is InChI=1S/C19H35NO/c1-14(2)17-7-5-16(6-8-17)13-20-11-9-18(10-12-20)19(21)15(3)4/h14-18H,5-13H2,1-4H3/t16-,17-. The Balaban J connectivity index is 1.69. The molecule has 1 aliphatic heterocycles. The Kier molecular flexibility index (Phi) is 6.28. The quantitative estimate of drug-likeness (QED) is 0.749. The normalized spacial score (nSPS) is 29.2. The molecule has 0 spiro atoms. The first-order valence-electron chi connectivity index (χ1n) is 9.23. The van der Waals surface area contributed by atoms with Crippen molar-refractivity contribution in [1.82, 2.24) is 4.90 Å². The van der Waals surface area contributed by atoms with Crippen LogP contribution >= 0.6 is 0 Å². The van der Waals surface area contributed by atoms with E-state index in [1.165, 1.54) is 32.2 Å². The Bertz CT molecular complexity index is 320. The van der Waals surface area contributed by atoms with E-state index in [0.29, 0.717) is 11.7 Å². The predicted molar refractivity (Wildman–Crippen MR) is 89.3 cm³/mol. The smallest absolute Gasteiger partial charge is 0.138 e. The lowest BCUT2D eigenvalue weighted by Gasteiger charge is -2.37. The van der Waals surface area contributed by atoms with Gasteiger partial charge < -0.3 is 4.90 Å². The van der Waals surface area contributed by atoms with Crippen LogP contribution in [0.2, 0.25) is 0 Å². The maximum absolute atomic E-state index is 12.1. The third-order valence-corrected chi connectivity index (χ3v) is 5.91. The number of carbonyl (C=O) groups is 1. The second kappa shape index (κ2) is 7.76. The molecule has 2 heteroatoms. The fraction of sp³-hybridized carbons (Fsp3) is 0.947. The van der Waals surface area contributed by atoms with Crippen LogP contribution in [-0.2, 0) is 4.79 Å². The molecule has 0 amide bonds. The van der Waals surface area contributed by atoms with E-state index >= 15 is 0 Å². The number of Topliss-reactive ketones (excluding diaryl/α,β-unsaturated/α-hetero) is 1. The Morgan fingerprint density at radius 1 is 0.952 bits per heavy atom. The summed E-state index contributed by atoms with van der Waals surface area (Å²) in [5, 5.41) is 0. The highest BCUT2D eigenvalue weighted by Crippen LogP contribution is 2.34. The minimum absolute atomic E-state index is 0.216. The summed E-state index contributed by atoms with van der Waals surface area (Å²) in [5.41, 5.74) is 0. The second-order valence-corrected chi connectivity index (χ2v) is 8.16. The second-order valence-electron chi connectivity index (χ2n) is 8.16. The number of ketones is 1. The topological polar surface area (TPSA) is 20.3 Å². The van der Waals surface area contributed by atoms with Gasteiger partial charge in [-0.3, -0.25) is 4.79 Å². The lowest BCUT2D eigenvalue weighted by molar-refractivity contribution is -0.127. The summed E-state index contributed by atoms with van der Waals surface area (Å²) in [7, 11) is 0. The molecule has 1 heterocycles. The van der Waals surface area contributed by atoms with Gasteiger partial charge in [0.05, 0.1) is 0 Å². The van der Waals surface area contributed by atoms with E-state index in [-0.39, 0.29) is 5.92 Å². The molecule has 0 N–H and O–H groups in total. The number of nitrogens with zero attached hydrogens (tertiary/aromatic N) is 1. The van der Waals surface area contributed by atoms with Gasteiger partial charge in [-0.1, -0.05) is 27.7 Å². The van der Waals surface area contributed by atoms with Crippen LogP contribution in [0, 0.1) is 29.6 Å². The van der Waals surface area contributed by atoms with Crippen LogP contribution in [0.25, 0.3) is 0 Å². The molecule has 1 saturated carbocycles. The zero-order valence-corrected chi connectivity index (χ0v) is 14.6. The molecule has 2 fully saturated rings. The van der Waals surface area contributed by atoms with Crippen molar-refractivity contribution in [2.45, 2.75) is 66.2 Å².